The molecule has 1 aromatic carbocycles. The maximum atomic E-state index is 12.5. The maximum absolute atomic E-state index is 12.5. The monoisotopic (exact) mass is 378 g/mol. The number of carbonyl (C=O) groups is 1. The molecule has 0 fully saturated rings. The quantitative estimate of drug-likeness (QED) is 0.671. The molecule has 2 heterocycles. The normalized spacial score (nSPS) is 14.2. The Kier molecular flexibility index (Phi) is 4.94. The minimum Gasteiger partial charge on any atom is -0.444 e. The first-order valence-electron chi connectivity index (χ1n) is 8.14. The van der Waals surface area contributed by atoms with E-state index in [0.29, 0.717) is 29.6 Å². The van der Waals surface area contributed by atoms with Gasteiger partial charge in [-0.3, -0.25) is 4.98 Å². The van der Waals surface area contributed by atoms with Gasteiger partial charge in [-0.1, -0.05) is 29.3 Å². The van der Waals surface area contributed by atoms with E-state index in [1.165, 1.54) is 0 Å². The first-order valence-corrected chi connectivity index (χ1v) is 8.90. The van der Waals surface area contributed by atoms with Crippen LogP contribution in [-0.2, 0) is 17.7 Å². The number of fused-ring (bicyclic) bond motifs is 1. The van der Waals surface area contributed by atoms with Crippen LogP contribution in [0.1, 0.15) is 31.9 Å². The zero-order chi connectivity index (χ0) is 18.2. The molecule has 2 aromatic rings. The van der Waals surface area contributed by atoms with E-state index in [1.807, 2.05) is 39.0 Å². The van der Waals surface area contributed by atoms with Crippen molar-refractivity contribution in [3.63, 3.8) is 0 Å². The summed E-state index contributed by atoms with van der Waals surface area (Å²) in [5, 5.41) is 1.29. The third-order valence-corrected chi connectivity index (χ3v) is 4.72. The standard InChI is InChI=1S/C19H20Cl2N2O2/c1-19(2,3)25-18(24)23-9-7-14-15(11-23)12(4-5-16(14)20)13-6-8-22-10-17(13)21/h4-6,8,10H,7,9,11H2,1-3H3. The molecule has 1 aliphatic heterocycles. The van der Waals surface area contributed by atoms with E-state index in [4.69, 9.17) is 27.9 Å². The minimum absolute atomic E-state index is 0.315. The van der Waals surface area contributed by atoms with E-state index in [1.54, 1.807) is 17.3 Å². The van der Waals surface area contributed by atoms with E-state index in [9.17, 15) is 4.79 Å². The molecule has 1 aliphatic rings. The molecule has 25 heavy (non-hydrogen) atoms. The fraction of sp³-hybridized carbons (Fsp3) is 0.368. The molecular weight excluding hydrogens is 359 g/mol. The van der Waals surface area contributed by atoms with Crippen molar-refractivity contribution in [2.24, 2.45) is 0 Å². The highest BCUT2D eigenvalue weighted by Gasteiger charge is 2.28. The summed E-state index contributed by atoms with van der Waals surface area (Å²) in [5.41, 5.74) is 3.41. The summed E-state index contributed by atoms with van der Waals surface area (Å²) in [4.78, 5) is 18.2. The SMILES string of the molecule is CC(C)(C)OC(=O)N1CCc2c(Cl)ccc(-c3ccncc3Cl)c2C1. The van der Waals surface area contributed by atoms with Gasteiger partial charge in [0.25, 0.3) is 0 Å². The van der Waals surface area contributed by atoms with Crippen molar-refractivity contribution in [1.82, 2.24) is 9.88 Å². The average molecular weight is 379 g/mol. The fourth-order valence-corrected chi connectivity index (χ4v) is 3.45. The highest BCUT2D eigenvalue weighted by Crippen LogP contribution is 2.37. The lowest BCUT2D eigenvalue weighted by Gasteiger charge is -2.32. The molecular formula is C19H20Cl2N2O2. The van der Waals surface area contributed by atoms with Crippen LogP contribution in [0.15, 0.2) is 30.6 Å². The number of hydrogen-bond acceptors (Lipinski definition) is 3. The van der Waals surface area contributed by atoms with Crippen molar-refractivity contribution in [1.29, 1.82) is 0 Å². The molecule has 0 saturated heterocycles. The average Bonchev–Trinajstić information content (AvgIpc) is 2.54. The maximum Gasteiger partial charge on any atom is 0.410 e. The third kappa shape index (κ3) is 3.91. The number of carbonyl (C=O) groups excluding carboxylic acids is 1. The van der Waals surface area contributed by atoms with Crippen LogP contribution in [0.25, 0.3) is 11.1 Å². The topological polar surface area (TPSA) is 42.4 Å². The second-order valence-electron chi connectivity index (χ2n) is 7.06. The molecule has 132 valence electrons. The van der Waals surface area contributed by atoms with Crippen molar-refractivity contribution in [3.05, 3.63) is 51.8 Å². The van der Waals surface area contributed by atoms with Gasteiger partial charge in [0.05, 0.1) is 5.02 Å². The van der Waals surface area contributed by atoms with Crippen molar-refractivity contribution in [2.45, 2.75) is 39.3 Å². The van der Waals surface area contributed by atoms with E-state index < -0.39 is 5.60 Å². The van der Waals surface area contributed by atoms with Crippen LogP contribution in [0.4, 0.5) is 4.79 Å². The summed E-state index contributed by atoms with van der Waals surface area (Å²) in [6.07, 6.45) is 3.69. The lowest BCUT2D eigenvalue weighted by molar-refractivity contribution is 0.0224. The summed E-state index contributed by atoms with van der Waals surface area (Å²) in [6, 6.07) is 5.70. The number of hydrogen-bond donors (Lipinski definition) is 0. The van der Waals surface area contributed by atoms with Gasteiger partial charge in [-0.2, -0.15) is 0 Å². The Bertz CT molecular complexity index is 816. The second kappa shape index (κ2) is 6.85. The van der Waals surface area contributed by atoms with Crippen molar-refractivity contribution >= 4 is 29.3 Å². The summed E-state index contributed by atoms with van der Waals surface area (Å²) in [7, 11) is 0. The molecule has 1 aromatic heterocycles. The molecule has 0 atom stereocenters. The molecule has 0 bridgehead atoms. The number of amides is 1. The lowest BCUT2D eigenvalue weighted by Crippen LogP contribution is -2.40. The van der Waals surface area contributed by atoms with Crippen LogP contribution in [0.5, 0.6) is 0 Å². The number of benzene rings is 1. The Balaban J connectivity index is 1.99. The van der Waals surface area contributed by atoms with Crippen LogP contribution in [0.2, 0.25) is 10.0 Å². The smallest absolute Gasteiger partial charge is 0.410 e. The summed E-state index contributed by atoms with van der Waals surface area (Å²) < 4.78 is 5.51. The van der Waals surface area contributed by atoms with Gasteiger partial charge in [0.2, 0.25) is 0 Å². The van der Waals surface area contributed by atoms with Gasteiger partial charge in [-0.15, -0.1) is 0 Å². The number of nitrogens with zero attached hydrogens (tertiary/aromatic N) is 2. The van der Waals surface area contributed by atoms with Crippen LogP contribution >= 0.6 is 23.2 Å². The van der Waals surface area contributed by atoms with Crippen LogP contribution in [0, 0.1) is 0 Å². The number of pyridine rings is 1. The first-order chi connectivity index (χ1) is 11.8. The van der Waals surface area contributed by atoms with Gasteiger partial charge >= 0.3 is 6.09 Å². The molecule has 0 N–H and O–H groups in total. The Labute approximate surface area is 157 Å². The Morgan fingerprint density at radius 1 is 1.12 bits per heavy atom. The van der Waals surface area contributed by atoms with Crippen LogP contribution in [0.3, 0.4) is 0 Å². The zero-order valence-electron chi connectivity index (χ0n) is 14.5. The third-order valence-electron chi connectivity index (χ3n) is 4.07. The van der Waals surface area contributed by atoms with E-state index in [-0.39, 0.29) is 6.09 Å². The molecule has 4 nitrogen and oxygen atoms in total. The molecule has 0 spiro atoms. The Morgan fingerprint density at radius 2 is 1.88 bits per heavy atom. The van der Waals surface area contributed by atoms with Crippen molar-refractivity contribution < 1.29 is 9.53 Å². The predicted octanol–water partition coefficient (Wildman–Crippen LogP) is 5.35. The van der Waals surface area contributed by atoms with E-state index in [0.717, 1.165) is 22.3 Å². The highest BCUT2D eigenvalue weighted by atomic mass is 35.5. The molecule has 0 saturated carbocycles. The molecule has 1 amide bonds. The van der Waals surface area contributed by atoms with Gasteiger partial charge in [0, 0.05) is 36.1 Å². The zero-order valence-corrected chi connectivity index (χ0v) is 16.0. The predicted molar refractivity (Wildman–Crippen MR) is 100 cm³/mol. The number of aromatic nitrogens is 1. The van der Waals surface area contributed by atoms with Crippen LogP contribution in [-0.4, -0.2) is 28.1 Å². The minimum atomic E-state index is -0.525. The lowest BCUT2D eigenvalue weighted by atomic mass is 9.91. The van der Waals surface area contributed by atoms with Gasteiger partial charge in [0.15, 0.2) is 0 Å². The number of rotatable bonds is 1. The van der Waals surface area contributed by atoms with Crippen molar-refractivity contribution in [2.75, 3.05) is 6.54 Å². The number of halogens is 2. The molecule has 0 unspecified atom stereocenters. The second-order valence-corrected chi connectivity index (χ2v) is 7.87. The summed E-state index contributed by atoms with van der Waals surface area (Å²) in [5.74, 6) is 0. The largest absolute Gasteiger partial charge is 0.444 e. The Hall–Kier alpha value is -1.78. The summed E-state index contributed by atoms with van der Waals surface area (Å²) >= 11 is 12.7. The van der Waals surface area contributed by atoms with Gasteiger partial charge in [-0.25, -0.2) is 4.79 Å². The van der Waals surface area contributed by atoms with Gasteiger partial charge < -0.3 is 9.64 Å². The van der Waals surface area contributed by atoms with E-state index in [2.05, 4.69) is 4.98 Å². The molecule has 3 rings (SSSR count). The van der Waals surface area contributed by atoms with Gasteiger partial charge in [-0.05, 0) is 56.0 Å². The molecule has 0 radical (unpaired) electrons. The van der Waals surface area contributed by atoms with E-state index >= 15 is 0 Å². The molecule has 6 heteroatoms. The summed E-state index contributed by atoms with van der Waals surface area (Å²) in [6.45, 7) is 6.61. The van der Waals surface area contributed by atoms with Crippen molar-refractivity contribution in [3.8, 4) is 11.1 Å². The first kappa shape index (κ1) is 18.0. The Morgan fingerprint density at radius 3 is 2.56 bits per heavy atom. The van der Waals surface area contributed by atoms with Crippen LogP contribution < -0.4 is 0 Å². The number of ether oxygens (including phenoxy) is 1. The molecule has 0 aliphatic carbocycles. The fourth-order valence-electron chi connectivity index (χ4n) is 2.96. The highest BCUT2D eigenvalue weighted by molar-refractivity contribution is 6.33. The van der Waals surface area contributed by atoms with Gasteiger partial charge in [0.1, 0.15) is 5.60 Å².